The third-order valence-electron chi connectivity index (χ3n) is 3.36. The fourth-order valence-electron chi connectivity index (χ4n) is 2.08. The lowest BCUT2D eigenvalue weighted by atomic mass is 10.1. The number of hydrogen-bond donors (Lipinski definition) is 1. The fraction of sp³-hybridized carbons (Fsp3) is 0.235. The molecule has 1 N–H and O–H groups in total. The van der Waals surface area contributed by atoms with Crippen LogP contribution in [0.5, 0.6) is 5.75 Å². The Balaban J connectivity index is 1.92. The SMILES string of the molecule is COc1ccc(C)cc1COC(=O)CNS(=O)(=O)c1ccc(F)cc1. The third-order valence-corrected chi connectivity index (χ3v) is 4.77. The van der Waals surface area contributed by atoms with Gasteiger partial charge in [-0.15, -0.1) is 0 Å². The molecule has 0 amide bonds. The zero-order valence-corrected chi connectivity index (χ0v) is 14.6. The Kier molecular flexibility index (Phi) is 6.11. The number of nitrogens with one attached hydrogen (secondary N) is 1. The number of hydrogen-bond acceptors (Lipinski definition) is 5. The molecular formula is C17H18FNO5S. The monoisotopic (exact) mass is 367 g/mol. The van der Waals surface area contributed by atoms with Gasteiger partial charge >= 0.3 is 5.97 Å². The number of esters is 1. The summed E-state index contributed by atoms with van der Waals surface area (Å²) in [5.41, 5.74) is 1.65. The minimum absolute atomic E-state index is 0.0397. The van der Waals surface area contributed by atoms with E-state index in [1.807, 2.05) is 19.1 Å². The van der Waals surface area contributed by atoms with Gasteiger partial charge in [0, 0.05) is 5.56 Å². The van der Waals surface area contributed by atoms with Crippen LogP contribution in [0.15, 0.2) is 47.4 Å². The number of methoxy groups -OCH3 is 1. The van der Waals surface area contributed by atoms with Gasteiger partial charge in [0.1, 0.15) is 24.7 Å². The van der Waals surface area contributed by atoms with E-state index in [2.05, 4.69) is 4.72 Å². The van der Waals surface area contributed by atoms with Crippen molar-refractivity contribution in [2.75, 3.05) is 13.7 Å². The summed E-state index contributed by atoms with van der Waals surface area (Å²) in [5.74, 6) is -0.718. The zero-order chi connectivity index (χ0) is 18.4. The van der Waals surface area contributed by atoms with Crippen LogP contribution in [0, 0.1) is 12.7 Å². The van der Waals surface area contributed by atoms with E-state index in [1.54, 1.807) is 6.07 Å². The van der Waals surface area contributed by atoms with Gasteiger partial charge in [0.2, 0.25) is 10.0 Å². The van der Waals surface area contributed by atoms with E-state index >= 15 is 0 Å². The smallest absolute Gasteiger partial charge is 0.321 e. The third kappa shape index (κ3) is 5.27. The maximum atomic E-state index is 12.8. The molecule has 0 fully saturated rings. The van der Waals surface area contributed by atoms with Crippen LogP contribution in [0.3, 0.4) is 0 Å². The van der Waals surface area contributed by atoms with Gasteiger partial charge in [-0.1, -0.05) is 11.6 Å². The maximum Gasteiger partial charge on any atom is 0.321 e. The van der Waals surface area contributed by atoms with Crippen molar-refractivity contribution in [3.05, 3.63) is 59.4 Å². The van der Waals surface area contributed by atoms with Gasteiger partial charge in [-0.05, 0) is 43.3 Å². The van der Waals surface area contributed by atoms with E-state index < -0.39 is 28.4 Å². The predicted octanol–water partition coefficient (Wildman–Crippen LogP) is 2.16. The quantitative estimate of drug-likeness (QED) is 0.759. The number of rotatable bonds is 7. The second-order valence-electron chi connectivity index (χ2n) is 5.25. The van der Waals surface area contributed by atoms with Crippen molar-refractivity contribution in [3.63, 3.8) is 0 Å². The van der Waals surface area contributed by atoms with Crippen LogP contribution < -0.4 is 9.46 Å². The molecule has 2 rings (SSSR count). The van der Waals surface area contributed by atoms with Gasteiger partial charge in [-0.3, -0.25) is 4.79 Å². The van der Waals surface area contributed by atoms with E-state index in [9.17, 15) is 17.6 Å². The van der Waals surface area contributed by atoms with Crippen LogP contribution in [-0.4, -0.2) is 28.0 Å². The van der Waals surface area contributed by atoms with Crippen molar-refractivity contribution in [2.24, 2.45) is 0 Å². The summed E-state index contributed by atoms with van der Waals surface area (Å²) in [7, 11) is -2.41. The van der Waals surface area contributed by atoms with Crippen molar-refractivity contribution in [2.45, 2.75) is 18.4 Å². The fourth-order valence-corrected chi connectivity index (χ4v) is 3.05. The number of benzene rings is 2. The summed E-state index contributed by atoms with van der Waals surface area (Å²) in [6.45, 7) is 1.32. The van der Waals surface area contributed by atoms with Gasteiger partial charge in [0.25, 0.3) is 0 Å². The highest BCUT2D eigenvalue weighted by Gasteiger charge is 2.16. The molecule has 0 aromatic heterocycles. The molecule has 0 saturated heterocycles. The van der Waals surface area contributed by atoms with E-state index in [-0.39, 0.29) is 11.5 Å². The van der Waals surface area contributed by atoms with Gasteiger partial charge in [0.05, 0.1) is 12.0 Å². The summed E-state index contributed by atoms with van der Waals surface area (Å²) < 4.78 is 49.2. The van der Waals surface area contributed by atoms with Gasteiger partial charge in [-0.2, -0.15) is 4.72 Å². The second kappa shape index (κ2) is 8.09. The van der Waals surface area contributed by atoms with Crippen LogP contribution >= 0.6 is 0 Å². The predicted molar refractivity (Wildman–Crippen MR) is 89.1 cm³/mol. The molecule has 0 heterocycles. The largest absolute Gasteiger partial charge is 0.496 e. The molecule has 0 bridgehead atoms. The molecule has 25 heavy (non-hydrogen) atoms. The minimum atomic E-state index is -3.92. The Hall–Kier alpha value is -2.45. The highest BCUT2D eigenvalue weighted by Crippen LogP contribution is 2.20. The van der Waals surface area contributed by atoms with Crippen molar-refractivity contribution in [3.8, 4) is 5.75 Å². The number of carbonyl (C=O) groups excluding carboxylic acids is 1. The highest BCUT2D eigenvalue weighted by molar-refractivity contribution is 7.89. The average molecular weight is 367 g/mol. The topological polar surface area (TPSA) is 81.7 Å². The number of sulfonamides is 1. The van der Waals surface area contributed by atoms with E-state index in [4.69, 9.17) is 9.47 Å². The molecule has 0 spiro atoms. The van der Waals surface area contributed by atoms with Gasteiger partial charge in [-0.25, -0.2) is 12.8 Å². The minimum Gasteiger partial charge on any atom is -0.496 e. The van der Waals surface area contributed by atoms with Crippen LogP contribution in [-0.2, 0) is 26.2 Å². The first-order chi connectivity index (χ1) is 11.8. The Morgan fingerprint density at radius 3 is 2.48 bits per heavy atom. The molecular weight excluding hydrogens is 349 g/mol. The molecule has 0 radical (unpaired) electrons. The second-order valence-corrected chi connectivity index (χ2v) is 7.02. The van der Waals surface area contributed by atoms with Crippen LogP contribution in [0.25, 0.3) is 0 Å². The Morgan fingerprint density at radius 1 is 1.16 bits per heavy atom. The number of halogens is 1. The normalized spacial score (nSPS) is 11.2. The first kappa shape index (κ1) is 18.9. The van der Waals surface area contributed by atoms with E-state index in [1.165, 1.54) is 7.11 Å². The summed E-state index contributed by atoms with van der Waals surface area (Å²) in [4.78, 5) is 11.6. The van der Waals surface area contributed by atoms with Gasteiger partial charge < -0.3 is 9.47 Å². The summed E-state index contributed by atoms with van der Waals surface area (Å²) in [6, 6.07) is 9.71. The highest BCUT2D eigenvalue weighted by atomic mass is 32.2. The molecule has 0 unspecified atom stereocenters. The van der Waals surface area contributed by atoms with Crippen LogP contribution in [0.4, 0.5) is 4.39 Å². The summed E-state index contributed by atoms with van der Waals surface area (Å²) >= 11 is 0. The van der Waals surface area contributed by atoms with Crippen LogP contribution in [0.2, 0.25) is 0 Å². The summed E-state index contributed by atoms with van der Waals surface area (Å²) in [5, 5.41) is 0. The maximum absolute atomic E-state index is 12.8. The molecule has 6 nitrogen and oxygen atoms in total. The molecule has 8 heteroatoms. The summed E-state index contributed by atoms with van der Waals surface area (Å²) in [6.07, 6.45) is 0. The van der Waals surface area contributed by atoms with Crippen molar-refractivity contribution in [1.82, 2.24) is 4.72 Å². The molecule has 0 aliphatic carbocycles. The van der Waals surface area contributed by atoms with E-state index in [0.717, 1.165) is 29.8 Å². The first-order valence-electron chi connectivity index (χ1n) is 7.36. The Labute approximate surface area is 145 Å². The first-order valence-corrected chi connectivity index (χ1v) is 8.84. The molecule has 0 aliphatic rings. The standard InChI is InChI=1S/C17H18FNO5S/c1-12-3-8-16(23-2)13(9-12)11-24-17(20)10-19-25(21,22)15-6-4-14(18)5-7-15/h3-9,19H,10-11H2,1-2H3. The number of carbonyl (C=O) groups is 1. The van der Waals surface area contributed by atoms with Crippen molar-refractivity contribution < 1.29 is 27.1 Å². The Bertz CT molecular complexity index is 850. The lowest BCUT2D eigenvalue weighted by molar-refractivity contribution is -0.143. The number of aryl methyl sites for hydroxylation is 1. The lowest BCUT2D eigenvalue weighted by Gasteiger charge is -2.11. The molecule has 0 atom stereocenters. The van der Waals surface area contributed by atoms with E-state index in [0.29, 0.717) is 11.3 Å². The molecule has 134 valence electrons. The van der Waals surface area contributed by atoms with Crippen LogP contribution in [0.1, 0.15) is 11.1 Å². The molecule has 0 saturated carbocycles. The van der Waals surface area contributed by atoms with Gasteiger partial charge in [0.15, 0.2) is 0 Å². The van der Waals surface area contributed by atoms with Crippen molar-refractivity contribution >= 4 is 16.0 Å². The molecule has 2 aromatic rings. The Morgan fingerprint density at radius 2 is 1.84 bits per heavy atom. The molecule has 2 aromatic carbocycles. The molecule has 0 aliphatic heterocycles. The zero-order valence-electron chi connectivity index (χ0n) is 13.8. The number of ether oxygens (including phenoxy) is 2. The lowest BCUT2D eigenvalue weighted by Crippen LogP contribution is -2.30. The average Bonchev–Trinajstić information content (AvgIpc) is 2.59. The van der Waals surface area contributed by atoms with Crippen molar-refractivity contribution in [1.29, 1.82) is 0 Å².